The third-order valence-electron chi connectivity index (χ3n) is 3.51. The average Bonchev–Trinajstić information content (AvgIpc) is 2.84. The summed E-state index contributed by atoms with van der Waals surface area (Å²) in [5.41, 5.74) is 2.58. The van der Waals surface area contributed by atoms with Crippen LogP contribution in [0.4, 0.5) is 0 Å². The third kappa shape index (κ3) is 3.61. The second-order valence-corrected chi connectivity index (χ2v) is 5.18. The second kappa shape index (κ2) is 6.60. The van der Waals surface area contributed by atoms with Gasteiger partial charge in [0.15, 0.2) is 0 Å². The molecule has 0 aliphatic carbocycles. The lowest BCUT2D eigenvalue weighted by Crippen LogP contribution is -2.25. The van der Waals surface area contributed by atoms with Gasteiger partial charge in [0, 0.05) is 24.3 Å². The lowest BCUT2D eigenvalue weighted by Gasteiger charge is -2.13. The summed E-state index contributed by atoms with van der Waals surface area (Å²) in [4.78, 5) is 3.23. The van der Waals surface area contributed by atoms with Crippen molar-refractivity contribution in [2.75, 3.05) is 0 Å². The van der Waals surface area contributed by atoms with Gasteiger partial charge in [-0.1, -0.05) is 32.3 Å². The third-order valence-corrected chi connectivity index (χ3v) is 3.51. The van der Waals surface area contributed by atoms with Gasteiger partial charge in [-0.15, -0.1) is 0 Å². The SMILES string of the molecule is CCCCCC(C)NCc1ccc2[nH]ccc2c1. The molecule has 0 fully saturated rings. The Balaban J connectivity index is 1.81. The first-order valence-electron chi connectivity index (χ1n) is 7.09. The molecule has 1 aromatic carbocycles. The van der Waals surface area contributed by atoms with Gasteiger partial charge in [0.25, 0.3) is 0 Å². The van der Waals surface area contributed by atoms with Crippen LogP contribution < -0.4 is 5.32 Å². The van der Waals surface area contributed by atoms with E-state index in [1.807, 2.05) is 6.20 Å². The van der Waals surface area contributed by atoms with Crippen LogP contribution in [0.2, 0.25) is 0 Å². The van der Waals surface area contributed by atoms with Crippen LogP contribution in [-0.2, 0) is 6.54 Å². The minimum absolute atomic E-state index is 0.610. The second-order valence-electron chi connectivity index (χ2n) is 5.18. The van der Waals surface area contributed by atoms with Crippen LogP contribution in [0.25, 0.3) is 10.9 Å². The Kier molecular flexibility index (Phi) is 4.82. The zero-order valence-electron chi connectivity index (χ0n) is 11.5. The van der Waals surface area contributed by atoms with Crippen LogP contribution in [0.3, 0.4) is 0 Å². The van der Waals surface area contributed by atoms with Crippen molar-refractivity contribution in [3.63, 3.8) is 0 Å². The maximum atomic E-state index is 3.60. The minimum Gasteiger partial charge on any atom is -0.361 e. The molecular weight excluding hydrogens is 220 g/mol. The van der Waals surface area contributed by atoms with E-state index in [0.29, 0.717) is 6.04 Å². The van der Waals surface area contributed by atoms with Crippen LogP contribution >= 0.6 is 0 Å². The maximum absolute atomic E-state index is 3.60. The summed E-state index contributed by atoms with van der Waals surface area (Å²) in [5.74, 6) is 0. The minimum atomic E-state index is 0.610. The molecule has 1 unspecified atom stereocenters. The van der Waals surface area contributed by atoms with Gasteiger partial charge in [0.2, 0.25) is 0 Å². The molecule has 1 heterocycles. The van der Waals surface area contributed by atoms with E-state index in [2.05, 4.69) is 48.4 Å². The van der Waals surface area contributed by atoms with Crippen molar-refractivity contribution < 1.29 is 0 Å². The van der Waals surface area contributed by atoms with Gasteiger partial charge >= 0.3 is 0 Å². The summed E-state index contributed by atoms with van der Waals surface area (Å²) in [6.07, 6.45) is 7.26. The lowest BCUT2D eigenvalue weighted by molar-refractivity contribution is 0.487. The molecule has 0 spiro atoms. The fraction of sp³-hybridized carbons (Fsp3) is 0.500. The van der Waals surface area contributed by atoms with E-state index >= 15 is 0 Å². The van der Waals surface area contributed by atoms with Gasteiger partial charge < -0.3 is 10.3 Å². The molecule has 0 radical (unpaired) electrons. The van der Waals surface area contributed by atoms with Crippen LogP contribution in [0.15, 0.2) is 30.5 Å². The Morgan fingerprint density at radius 2 is 2.11 bits per heavy atom. The Morgan fingerprint density at radius 1 is 1.22 bits per heavy atom. The highest BCUT2D eigenvalue weighted by molar-refractivity contribution is 5.79. The number of nitrogens with one attached hydrogen (secondary N) is 2. The normalized spacial score (nSPS) is 13.0. The monoisotopic (exact) mass is 244 g/mol. The molecule has 0 aliphatic rings. The van der Waals surface area contributed by atoms with Gasteiger partial charge in [-0.25, -0.2) is 0 Å². The molecule has 2 N–H and O–H groups in total. The molecule has 0 amide bonds. The van der Waals surface area contributed by atoms with E-state index in [9.17, 15) is 0 Å². The smallest absolute Gasteiger partial charge is 0.0454 e. The van der Waals surface area contributed by atoms with Gasteiger partial charge in [-0.3, -0.25) is 0 Å². The first-order chi connectivity index (χ1) is 8.79. The number of hydrogen-bond acceptors (Lipinski definition) is 1. The van der Waals surface area contributed by atoms with E-state index in [1.54, 1.807) is 0 Å². The molecule has 1 aromatic heterocycles. The fourth-order valence-electron chi connectivity index (χ4n) is 2.31. The number of aromatic amines is 1. The largest absolute Gasteiger partial charge is 0.361 e. The highest BCUT2D eigenvalue weighted by Gasteiger charge is 2.02. The number of unbranched alkanes of at least 4 members (excludes halogenated alkanes) is 2. The van der Waals surface area contributed by atoms with Crippen LogP contribution in [-0.4, -0.2) is 11.0 Å². The van der Waals surface area contributed by atoms with Crippen molar-refractivity contribution in [1.29, 1.82) is 0 Å². The molecule has 1 atom stereocenters. The zero-order chi connectivity index (χ0) is 12.8. The number of benzene rings is 1. The Labute approximate surface area is 110 Å². The Bertz CT molecular complexity index is 473. The zero-order valence-corrected chi connectivity index (χ0v) is 11.5. The first-order valence-corrected chi connectivity index (χ1v) is 7.09. The molecule has 2 rings (SSSR count). The van der Waals surface area contributed by atoms with Gasteiger partial charge in [0.1, 0.15) is 0 Å². The van der Waals surface area contributed by atoms with E-state index in [-0.39, 0.29) is 0 Å². The number of hydrogen-bond donors (Lipinski definition) is 2. The summed E-state index contributed by atoms with van der Waals surface area (Å²) in [5, 5.41) is 4.90. The maximum Gasteiger partial charge on any atom is 0.0454 e. The summed E-state index contributed by atoms with van der Waals surface area (Å²) < 4.78 is 0. The highest BCUT2D eigenvalue weighted by Crippen LogP contribution is 2.14. The summed E-state index contributed by atoms with van der Waals surface area (Å²) in [6, 6.07) is 9.36. The van der Waals surface area contributed by atoms with Crippen molar-refractivity contribution in [3.8, 4) is 0 Å². The number of aromatic nitrogens is 1. The van der Waals surface area contributed by atoms with Crippen molar-refractivity contribution >= 4 is 10.9 Å². The molecule has 0 bridgehead atoms. The van der Waals surface area contributed by atoms with Crippen LogP contribution in [0.1, 0.15) is 45.1 Å². The molecule has 2 aromatic rings. The molecular formula is C16H24N2. The predicted molar refractivity (Wildman–Crippen MR) is 78.7 cm³/mol. The summed E-state index contributed by atoms with van der Waals surface area (Å²) >= 11 is 0. The Hall–Kier alpha value is -1.28. The lowest BCUT2D eigenvalue weighted by atomic mass is 10.1. The van der Waals surface area contributed by atoms with Gasteiger partial charge in [-0.05, 0) is 42.5 Å². The molecule has 0 aliphatic heterocycles. The molecule has 2 nitrogen and oxygen atoms in total. The first kappa shape index (κ1) is 13.2. The average molecular weight is 244 g/mol. The number of rotatable bonds is 7. The standard InChI is InChI=1S/C16H24N2/c1-3-4-5-6-13(2)18-12-14-7-8-16-15(11-14)9-10-17-16/h7-11,13,17-18H,3-6,12H2,1-2H3. The van der Waals surface area contributed by atoms with Gasteiger partial charge in [0.05, 0.1) is 0 Å². The van der Waals surface area contributed by atoms with Crippen molar-refractivity contribution in [2.45, 2.75) is 52.1 Å². The summed E-state index contributed by atoms with van der Waals surface area (Å²) in [6.45, 7) is 5.50. The highest BCUT2D eigenvalue weighted by atomic mass is 14.9. The van der Waals surface area contributed by atoms with Crippen LogP contribution in [0, 0.1) is 0 Å². The van der Waals surface area contributed by atoms with Crippen molar-refractivity contribution in [3.05, 3.63) is 36.0 Å². The topological polar surface area (TPSA) is 27.8 Å². The molecule has 18 heavy (non-hydrogen) atoms. The van der Waals surface area contributed by atoms with Crippen molar-refractivity contribution in [1.82, 2.24) is 10.3 Å². The Morgan fingerprint density at radius 3 is 2.94 bits per heavy atom. The van der Waals surface area contributed by atoms with Gasteiger partial charge in [-0.2, -0.15) is 0 Å². The predicted octanol–water partition coefficient (Wildman–Crippen LogP) is 4.23. The fourth-order valence-corrected chi connectivity index (χ4v) is 2.31. The van der Waals surface area contributed by atoms with E-state index in [1.165, 1.54) is 42.1 Å². The number of H-pyrrole nitrogens is 1. The molecule has 0 saturated heterocycles. The summed E-state index contributed by atoms with van der Waals surface area (Å²) in [7, 11) is 0. The van der Waals surface area contributed by atoms with E-state index in [4.69, 9.17) is 0 Å². The van der Waals surface area contributed by atoms with E-state index in [0.717, 1.165) is 6.54 Å². The van der Waals surface area contributed by atoms with Crippen molar-refractivity contribution in [2.24, 2.45) is 0 Å². The van der Waals surface area contributed by atoms with Crippen LogP contribution in [0.5, 0.6) is 0 Å². The molecule has 98 valence electrons. The molecule has 2 heteroatoms. The molecule has 0 saturated carbocycles. The van der Waals surface area contributed by atoms with E-state index < -0.39 is 0 Å². The quantitative estimate of drug-likeness (QED) is 0.701. The number of fused-ring (bicyclic) bond motifs is 1.